The number of aliphatic hydroxyl groups is 1. The van der Waals surface area contributed by atoms with Crippen LogP contribution in [-0.4, -0.2) is 69.4 Å². The van der Waals surface area contributed by atoms with Gasteiger partial charge >= 0.3 is 0 Å². The fourth-order valence-corrected chi connectivity index (χ4v) is 3.62. The van der Waals surface area contributed by atoms with E-state index >= 15 is 0 Å². The van der Waals surface area contributed by atoms with Crippen molar-refractivity contribution in [2.75, 3.05) is 38.1 Å². The van der Waals surface area contributed by atoms with Crippen LogP contribution in [0.15, 0.2) is 22.7 Å². The number of carbonyl (C=O) groups is 1. The summed E-state index contributed by atoms with van der Waals surface area (Å²) in [5.74, 6) is 1.81. The molecule has 27 heavy (non-hydrogen) atoms. The number of hydrogen-bond acceptors (Lipinski definition) is 6. The van der Waals surface area contributed by atoms with Crippen LogP contribution in [0.3, 0.4) is 0 Å². The van der Waals surface area contributed by atoms with Crippen molar-refractivity contribution in [3.8, 4) is 0 Å². The average molecular weight is 375 g/mol. The summed E-state index contributed by atoms with van der Waals surface area (Å²) in [4.78, 5) is 16.9. The van der Waals surface area contributed by atoms with Crippen LogP contribution in [-0.2, 0) is 18.4 Å². The van der Waals surface area contributed by atoms with Gasteiger partial charge < -0.3 is 14.8 Å². The molecule has 8 heteroatoms. The molecule has 3 heterocycles. The summed E-state index contributed by atoms with van der Waals surface area (Å²) < 4.78 is 7.39. The molecule has 8 nitrogen and oxygen atoms in total. The fraction of sp³-hybridized carbons (Fsp3) is 0.579. The SMILES string of the molecule is Cc1ccc(CN2CCN(CC(=O)Nc3cn(C)nc3C)CC2CCO)o1. The minimum Gasteiger partial charge on any atom is -0.465 e. The van der Waals surface area contributed by atoms with E-state index in [0.29, 0.717) is 13.0 Å². The Labute approximate surface area is 159 Å². The van der Waals surface area contributed by atoms with E-state index < -0.39 is 0 Å². The van der Waals surface area contributed by atoms with Gasteiger partial charge in [-0.05, 0) is 32.4 Å². The van der Waals surface area contributed by atoms with Crippen LogP contribution in [0, 0.1) is 13.8 Å². The molecule has 0 radical (unpaired) electrons. The highest BCUT2D eigenvalue weighted by Gasteiger charge is 2.28. The largest absolute Gasteiger partial charge is 0.465 e. The number of furan rings is 1. The van der Waals surface area contributed by atoms with Crippen molar-refractivity contribution in [1.29, 1.82) is 0 Å². The Bertz CT molecular complexity index is 769. The molecule has 0 aliphatic carbocycles. The molecular weight excluding hydrogens is 346 g/mol. The lowest BCUT2D eigenvalue weighted by molar-refractivity contribution is -0.118. The normalized spacial score (nSPS) is 18.7. The van der Waals surface area contributed by atoms with Gasteiger partial charge in [0.05, 0.1) is 24.5 Å². The molecule has 0 aromatic carbocycles. The third-order valence-electron chi connectivity index (χ3n) is 4.96. The zero-order valence-corrected chi connectivity index (χ0v) is 16.3. The van der Waals surface area contributed by atoms with Crippen molar-refractivity contribution in [2.24, 2.45) is 7.05 Å². The first-order chi connectivity index (χ1) is 12.9. The first kappa shape index (κ1) is 19.6. The second-order valence-corrected chi connectivity index (χ2v) is 7.23. The van der Waals surface area contributed by atoms with Crippen LogP contribution in [0.5, 0.6) is 0 Å². The van der Waals surface area contributed by atoms with Gasteiger partial charge in [0.15, 0.2) is 0 Å². The molecule has 1 unspecified atom stereocenters. The van der Waals surface area contributed by atoms with Crippen LogP contribution in [0.2, 0.25) is 0 Å². The van der Waals surface area contributed by atoms with E-state index in [2.05, 4.69) is 20.2 Å². The first-order valence-electron chi connectivity index (χ1n) is 9.37. The summed E-state index contributed by atoms with van der Waals surface area (Å²) in [6.45, 7) is 7.41. The monoisotopic (exact) mass is 375 g/mol. The topological polar surface area (TPSA) is 86.8 Å². The second-order valence-electron chi connectivity index (χ2n) is 7.23. The summed E-state index contributed by atoms with van der Waals surface area (Å²) in [7, 11) is 1.84. The third-order valence-corrected chi connectivity index (χ3v) is 4.96. The van der Waals surface area contributed by atoms with Gasteiger partial charge in [-0.1, -0.05) is 0 Å². The maximum absolute atomic E-state index is 12.4. The summed E-state index contributed by atoms with van der Waals surface area (Å²) in [6, 6.07) is 4.17. The highest BCUT2D eigenvalue weighted by Crippen LogP contribution is 2.18. The van der Waals surface area contributed by atoms with Gasteiger partial charge in [-0.2, -0.15) is 5.10 Å². The van der Waals surface area contributed by atoms with Crippen molar-refractivity contribution < 1.29 is 14.3 Å². The molecule has 1 saturated heterocycles. The van der Waals surface area contributed by atoms with E-state index in [1.54, 1.807) is 4.68 Å². The van der Waals surface area contributed by atoms with Crippen molar-refractivity contribution in [1.82, 2.24) is 19.6 Å². The maximum Gasteiger partial charge on any atom is 0.238 e. The van der Waals surface area contributed by atoms with Gasteiger partial charge in [-0.3, -0.25) is 19.3 Å². The standard InChI is InChI=1S/C19H29N5O3/c1-14-4-5-17(27-14)11-24-8-7-23(10-16(24)6-9-25)13-19(26)20-18-12-22(3)21-15(18)2/h4-5,12,16,25H,6-11,13H2,1-3H3,(H,20,26). The number of aromatic nitrogens is 2. The van der Waals surface area contributed by atoms with Crippen molar-refractivity contribution >= 4 is 11.6 Å². The number of anilines is 1. The number of nitrogens with one attached hydrogen (secondary N) is 1. The number of nitrogens with zero attached hydrogens (tertiary/aromatic N) is 4. The summed E-state index contributed by atoms with van der Waals surface area (Å²) in [5, 5.41) is 16.6. The molecule has 1 amide bonds. The van der Waals surface area contributed by atoms with Gasteiger partial charge in [0, 0.05) is 45.5 Å². The van der Waals surface area contributed by atoms with Gasteiger partial charge in [0.2, 0.25) is 5.91 Å². The number of aliphatic hydroxyl groups excluding tert-OH is 1. The smallest absolute Gasteiger partial charge is 0.238 e. The van der Waals surface area contributed by atoms with Gasteiger partial charge in [-0.15, -0.1) is 0 Å². The molecule has 2 aromatic heterocycles. The Hall–Kier alpha value is -2.16. The molecule has 148 valence electrons. The van der Waals surface area contributed by atoms with Crippen LogP contribution < -0.4 is 5.32 Å². The van der Waals surface area contributed by atoms with E-state index in [1.807, 2.05) is 39.2 Å². The molecule has 0 saturated carbocycles. The van der Waals surface area contributed by atoms with Gasteiger partial charge in [0.25, 0.3) is 0 Å². The van der Waals surface area contributed by atoms with E-state index in [9.17, 15) is 9.90 Å². The lowest BCUT2D eigenvalue weighted by atomic mass is 10.1. The van der Waals surface area contributed by atoms with E-state index in [1.165, 1.54) is 0 Å². The molecule has 1 aliphatic rings. The van der Waals surface area contributed by atoms with E-state index in [0.717, 1.165) is 49.1 Å². The minimum atomic E-state index is -0.0380. The van der Waals surface area contributed by atoms with Crippen LogP contribution in [0.25, 0.3) is 0 Å². The zero-order valence-electron chi connectivity index (χ0n) is 16.3. The highest BCUT2D eigenvalue weighted by molar-refractivity contribution is 5.92. The lowest BCUT2D eigenvalue weighted by Gasteiger charge is -2.40. The number of hydrogen-bond donors (Lipinski definition) is 2. The van der Waals surface area contributed by atoms with Gasteiger partial charge in [-0.25, -0.2) is 0 Å². The zero-order chi connectivity index (χ0) is 19.4. The molecule has 2 aromatic rings. The molecule has 1 atom stereocenters. The summed E-state index contributed by atoms with van der Waals surface area (Å²) in [5.41, 5.74) is 1.56. The molecule has 1 fully saturated rings. The number of rotatable bonds is 7. The molecule has 1 aliphatic heterocycles. The Kier molecular flexibility index (Phi) is 6.30. The fourth-order valence-electron chi connectivity index (χ4n) is 3.62. The highest BCUT2D eigenvalue weighted by atomic mass is 16.3. The van der Waals surface area contributed by atoms with Crippen molar-refractivity contribution in [3.05, 3.63) is 35.5 Å². The molecular formula is C19H29N5O3. The third kappa shape index (κ3) is 5.18. The van der Waals surface area contributed by atoms with E-state index in [4.69, 9.17) is 4.42 Å². The summed E-state index contributed by atoms with van der Waals surface area (Å²) in [6.07, 6.45) is 2.49. The predicted molar refractivity (Wildman–Crippen MR) is 102 cm³/mol. The van der Waals surface area contributed by atoms with Crippen LogP contribution in [0.4, 0.5) is 5.69 Å². The average Bonchev–Trinajstić information content (AvgIpc) is 3.15. The minimum absolute atomic E-state index is 0.0380. The Morgan fingerprint density at radius 3 is 2.81 bits per heavy atom. The Morgan fingerprint density at radius 1 is 1.37 bits per heavy atom. The lowest BCUT2D eigenvalue weighted by Crippen LogP contribution is -2.54. The maximum atomic E-state index is 12.4. The number of amides is 1. The molecule has 0 bridgehead atoms. The number of piperazine rings is 1. The summed E-state index contributed by atoms with van der Waals surface area (Å²) >= 11 is 0. The van der Waals surface area contributed by atoms with Gasteiger partial charge in [0.1, 0.15) is 11.5 Å². The number of aryl methyl sites for hydroxylation is 3. The van der Waals surface area contributed by atoms with Crippen LogP contribution >= 0.6 is 0 Å². The van der Waals surface area contributed by atoms with Crippen molar-refractivity contribution in [3.63, 3.8) is 0 Å². The molecule has 2 N–H and O–H groups in total. The van der Waals surface area contributed by atoms with Crippen molar-refractivity contribution in [2.45, 2.75) is 32.9 Å². The molecule has 3 rings (SSSR count). The van der Waals surface area contributed by atoms with Crippen LogP contribution in [0.1, 0.15) is 23.6 Å². The Morgan fingerprint density at radius 2 is 2.19 bits per heavy atom. The first-order valence-corrected chi connectivity index (χ1v) is 9.37. The van der Waals surface area contributed by atoms with E-state index in [-0.39, 0.29) is 18.6 Å². The quantitative estimate of drug-likeness (QED) is 0.755. The predicted octanol–water partition coefficient (Wildman–Crippen LogP) is 1.14. The molecule has 0 spiro atoms. The second kappa shape index (κ2) is 8.69. The Balaban J connectivity index is 1.55. The number of carbonyl (C=O) groups excluding carboxylic acids is 1.